The summed E-state index contributed by atoms with van der Waals surface area (Å²) in [6.07, 6.45) is -5.11. The summed E-state index contributed by atoms with van der Waals surface area (Å²) in [5.74, 6) is -3.36. The summed E-state index contributed by atoms with van der Waals surface area (Å²) in [4.78, 5) is 38.5. The van der Waals surface area contributed by atoms with Crippen LogP contribution in [0, 0.1) is 11.6 Å². The summed E-state index contributed by atoms with van der Waals surface area (Å²) in [5.41, 5.74) is 6.27. The summed E-state index contributed by atoms with van der Waals surface area (Å²) in [7, 11) is 0. The zero-order valence-electron chi connectivity index (χ0n) is 19.3. The molecule has 3 aromatic rings. The third-order valence-corrected chi connectivity index (χ3v) is 6.42. The van der Waals surface area contributed by atoms with E-state index in [9.17, 15) is 23.2 Å². The van der Waals surface area contributed by atoms with Gasteiger partial charge in [0.15, 0.2) is 11.6 Å². The number of fused-ring (bicyclic) bond motifs is 3. The predicted octanol–water partition coefficient (Wildman–Crippen LogP) is 1.89. The van der Waals surface area contributed by atoms with Gasteiger partial charge in [-0.25, -0.2) is 18.3 Å². The number of nitrogens with zero attached hydrogens (tertiary/aromatic N) is 4. The van der Waals surface area contributed by atoms with Crippen molar-refractivity contribution in [3.8, 4) is 0 Å². The van der Waals surface area contributed by atoms with E-state index in [1.165, 1.54) is 9.58 Å². The van der Waals surface area contributed by atoms with E-state index in [4.69, 9.17) is 10.5 Å². The molecule has 1 atom stereocenters. The summed E-state index contributed by atoms with van der Waals surface area (Å²) in [6.45, 7) is 0.255. The third-order valence-electron chi connectivity index (χ3n) is 6.42. The highest BCUT2D eigenvalue weighted by molar-refractivity contribution is 5.90. The smallest absolute Gasteiger partial charge is 0.414 e. The highest BCUT2D eigenvalue weighted by atomic mass is 19.3. The Balaban J connectivity index is 1.33. The Labute approximate surface area is 206 Å². The Hall–Kier alpha value is -4.23. The SMILES string of the molecule is Nc1ccc2c(c1)c(=O)n1n2CCN(c2c(F)cc(N3C[C@H](CNC(=O)C(F)F)OC3=O)cc2F)CC1. The predicted molar refractivity (Wildman–Crippen MR) is 126 cm³/mol. The fourth-order valence-corrected chi connectivity index (χ4v) is 4.70. The van der Waals surface area contributed by atoms with Crippen molar-refractivity contribution < 1.29 is 31.9 Å². The van der Waals surface area contributed by atoms with Gasteiger partial charge in [0.1, 0.15) is 11.8 Å². The fourth-order valence-electron chi connectivity index (χ4n) is 4.70. The minimum atomic E-state index is -3.22. The lowest BCUT2D eigenvalue weighted by Crippen LogP contribution is -2.37. The van der Waals surface area contributed by atoms with Crippen LogP contribution in [0.4, 0.5) is 39.4 Å². The first-order valence-electron chi connectivity index (χ1n) is 11.4. The number of nitrogen functional groups attached to an aromatic ring is 1. The first-order chi connectivity index (χ1) is 17.6. The number of hydrogen-bond donors (Lipinski definition) is 2. The molecule has 0 unspecified atom stereocenters. The van der Waals surface area contributed by atoms with Crippen LogP contribution in [0.15, 0.2) is 35.1 Å². The number of nitrogens with two attached hydrogens (primary N) is 1. The summed E-state index contributed by atoms with van der Waals surface area (Å²) in [6, 6.07) is 6.97. The van der Waals surface area contributed by atoms with Crippen LogP contribution in [0.3, 0.4) is 0 Å². The van der Waals surface area contributed by atoms with Gasteiger partial charge < -0.3 is 20.7 Å². The molecule has 0 saturated carbocycles. The van der Waals surface area contributed by atoms with Crippen LogP contribution < -0.4 is 26.4 Å². The molecule has 3 N–H and O–H groups in total. The molecule has 0 spiro atoms. The molecule has 37 heavy (non-hydrogen) atoms. The Kier molecular flexibility index (Phi) is 6.17. The molecular formula is C23H22F4N6O4. The number of ether oxygens (including phenoxy) is 1. The van der Waals surface area contributed by atoms with Crippen molar-refractivity contribution in [1.29, 1.82) is 0 Å². The van der Waals surface area contributed by atoms with Gasteiger partial charge in [-0.05, 0) is 18.2 Å². The van der Waals surface area contributed by atoms with Crippen LogP contribution >= 0.6 is 0 Å². The molecule has 2 amide bonds. The molecule has 0 bridgehead atoms. The largest absolute Gasteiger partial charge is 0.442 e. The number of alkyl halides is 2. The maximum absolute atomic E-state index is 15.2. The number of aromatic nitrogens is 2. The lowest BCUT2D eigenvalue weighted by Gasteiger charge is -2.24. The lowest BCUT2D eigenvalue weighted by atomic mass is 10.2. The number of amides is 2. The van der Waals surface area contributed by atoms with Gasteiger partial charge in [-0.3, -0.25) is 19.2 Å². The van der Waals surface area contributed by atoms with Crippen molar-refractivity contribution >= 4 is 40.0 Å². The molecule has 0 radical (unpaired) electrons. The van der Waals surface area contributed by atoms with E-state index in [0.29, 0.717) is 16.6 Å². The molecule has 3 heterocycles. The van der Waals surface area contributed by atoms with Crippen LogP contribution in [0.1, 0.15) is 0 Å². The van der Waals surface area contributed by atoms with Gasteiger partial charge in [0.05, 0.1) is 42.8 Å². The number of cyclic esters (lactones) is 1. The first kappa shape index (κ1) is 24.5. The van der Waals surface area contributed by atoms with Crippen LogP contribution in [-0.2, 0) is 22.6 Å². The van der Waals surface area contributed by atoms with E-state index in [1.807, 2.05) is 5.32 Å². The van der Waals surface area contributed by atoms with Gasteiger partial charge in [-0.1, -0.05) is 0 Å². The van der Waals surface area contributed by atoms with Gasteiger partial charge in [0.25, 0.3) is 11.5 Å². The van der Waals surface area contributed by atoms with E-state index in [0.717, 1.165) is 17.0 Å². The average Bonchev–Trinajstić information content (AvgIpc) is 3.24. The van der Waals surface area contributed by atoms with Crippen LogP contribution in [-0.4, -0.2) is 60.1 Å². The Morgan fingerprint density at radius 3 is 2.41 bits per heavy atom. The highest BCUT2D eigenvalue weighted by Crippen LogP contribution is 2.31. The normalized spacial score (nSPS) is 17.8. The number of halogens is 4. The third kappa shape index (κ3) is 4.42. The molecule has 10 nitrogen and oxygen atoms in total. The number of hydrogen-bond acceptors (Lipinski definition) is 6. The Bertz CT molecular complexity index is 1430. The van der Waals surface area contributed by atoms with Crippen molar-refractivity contribution in [2.24, 2.45) is 0 Å². The van der Waals surface area contributed by atoms with Crippen molar-refractivity contribution in [2.45, 2.75) is 25.6 Å². The Morgan fingerprint density at radius 2 is 1.73 bits per heavy atom. The zero-order chi connectivity index (χ0) is 26.4. The van der Waals surface area contributed by atoms with E-state index in [-0.39, 0.29) is 56.2 Å². The summed E-state index contributed by atoms with van der Waals surface area (Å²) < 4.78 is 63.4. The van der Waals surface area contributed by atoms with E-state index in [2.05, 4.69) is 0 Å². The van der Waals surface area contributed by atoms with Gasteiger partial charge in [-0.2, -0.15) is 8.78 Å². The molecule has 1 fully saturated rings. The monoisotopic (exact) mass is 522 g/mol. The van der Waals surface area contributed by atoms with Gasteiger partial charge >= 0.3 is 12.5 Å². The molecule has 5 rings (SSSR count). The first-order valence-corrected chi connectivity index (χ1v) is 11.4. The number of carbonyl (C=O) groups is 2. The summed E-state index contributed by atoms with van der Waals surface area (Å²) >= 11 is 0. The molecule has 2 aliphatic rings. The van der Waals surface area contributed by atoms with Gasteiger partial charge in [-0.15, -0.1) is 0 Å². The fraction of sp³-hybridized carbons (Fsp3) is 0.348. The second-order valence-corrected chi connectivity index (χ2v) is 8.74. The molecule has 14 heteroatoms. The quantitative estimate of drug-likeness (QED) is 0.391. The minimum absolute atomic E-state index is 0.118. The van der Waals surface area contributed by atoms with Crippen LogP contribution in [0.2, 0.25) is 0 Å². The molecule has 1 aromatic heterocycles. The molecule has 2 aromatic carbocycles. The second-order valence-electron chi connectivity index (χ2n) is 8.74. The molecule has 2 aliphatic heterocycles. The molecule has 0 aliphatic carbocycles. The Morgan fingerprint density at radius 1 is 1.05 bits per heavy atom. The standard InChI is InChI=1S/C23H22F4N6O4/c24-16-8-13(31-11-14(37-23(31)36)10-29-21(34)20(26)27)9-17(25)19(16)30-3-5-32-18-2-1-12(28)7-15(18)22(35)33(32)6-4-30/h1-2,7-9,14,20H,3-6,10-11,28H2,(H,29,34)/t14-/m0/s1. The topological polar surface area (TPSA) is 115 Å². The number of benzene rings is 2. The number of nitrogens with one attached hydrogen (secondary N) is 1. The zero-order valence-corrected chi connectivity index (χ0v) is 19.3. The average molecular weight is 522 g/mol. The van der Waals surface area contributed by atoms with E-state index >= 15 is 8.78 Å². The van der Waals surface area contributed by atoms with Crippen molar-refractivity contribution in [1.82, 2.24) is 14.7 Å². The van der Waals surface area contributed by atoms with Crippen molar-refractivity contribution in [3.05, 3.63) is 52.3 Å². The highest BCUT2D eigenvalue weighted by Gasteiger charge is 2.34. The van der Waals surface area contributed by atoms with Crippen molar-refractivity contribution in [2.75, 3.05) is 41.7 Å². The summed E-state index contributed by atoms with van der Waals surface area (Å²) in [5, 5.41) is 2.41. The van der Waals surface area contributed by atoms with Gasteiger partial charge in [0.2, 0.25) is 0 Å². The van der Waals surface area contributed by atoms with Gasteiger partial charge in [0, 0.05) is 30.9 Å². The molecule has 196 valence electrons. The number of rotatable bonds is 5. The number of carbonyl (C=O) groups excluding carboxylic acids is 2. The second kappa shape index (κ2) is 9.33. The van der Waals surface area contributed by atoms with Crippen LogP contribution in [0.5, 0.6) is 0 Å². The van der Waals surface area contributed by atoms with E-state index in [1.54, 1.807) is 22.9 Å². The maximum Gasteiger partial charge on any atom is 0.414 e. The lowest BCUT2D eigenvalue weighted by molar-refractivity contribution is -0.132. The number of anilines is 3. The van der Waals surface area contributed by atoms with Crippen LogP contribution in [0.25, 0.3) is 10.9 Å². The van der Waals surface area contributed by atoms with Crippen molar-refractivity contribution in [3.63, 3.8) is 0 Å². The van der Waals surface area contributed by atoms with E-state index < -0.39 is 36.2 Å². The molecule has 1 saturated heterocycles. The molecular weight excluding hydrogens is 500 g/mol. The maximum atomic E-state index is 15.2. The minimum Gasteiger partial charge on any atom is -0.442 e.